The maximum atomic E-state index is 6.26. The summed E-state index contributed by atoms with van der Waals surface area (Å²) in [6, 6.07) is 58.5. The molecule has 262 valence electrons. The highest BCUT2D eigenvalue weighted by molar-refractivity contribution is 6.25. The molecule has 0 unspecified atom stereocenters. The van der Waals surface area contributed by atoms with Gasteiger partial charge in [-0.1, -0.05) is 153 Å². The SMILES string of the molecule is CC1(C)c2ccc(-c3ccc4ccc5cccc6ccc3c4c56)cc2-c2ccc(-c3nc(-c4ccccc4)nc(-c4cccc5oc6ccccc6c45)n3)cc21. The number of nitrogens with zero attached hydrogens (tertiary/aromatic N) is 3. The summed E-state index contributed by atoms with van der Waals surface area (Å²) in [5, 5.41) is 9.87. The van der Waals surface area contributed by atoms with Gasteiger partial charge in [-0.15, -0.1) is 0 Å². The number of aromatic nitrogens is 3. The molecule has 0 fully saturated rings. The Labute approximate surface area is 323 Å². The molecule has 2 aromatic heterocycles. The molecule has 56 heavy (non-hydrogen) atoms. The molecule has 0 saturated carbocycles. The number of rotatable bonds is 4. The van der Waals surface area contributed by atoms with Crippen LogP contribution in [0.3, 0.4) is 0 Å². The molecule has 0 amide bonds. The Morgan fingerprint density at radius 3 is 1.89 bits per heavy atom. The Bertz CT molecular complexity index is 3380. The van der Waals surface area contributed by atoms with Gasteiger partial charge in [0.25, 0.3) is 0 Å². The summed E-state index contributed by atoms with van der Waals surface area (Å²) in [6.45, 7) is 4.66. The normalized spacial score (nSPS) is 13.3. The number of hydrogen-bond donors (Lipinski definition) is 0. The fourth-order valence-electron chi connectivity index (χ4n) is 9.35. The van der Waals surface area contributed by atoms with Gasteiger partial charge in [0.1, 0.15) is 11.2 Å². The number of para-hydroxylation sites is 1. The van der Waals surface area contributed by atoms with Gasteiger partial charge >= 0.3 is 0 Å². The van der Waals surface area contributed by atoms with E-state index in [2.05, 4.69) is 129 Å². The van der Waals surface area contributed by atoms with E-state index in [9.17, 15) is 0 Å². The van der Waals surface area contributed by atoms with E-state index in [1.54, 1.807) is 0 Å². The summed E-state index contributed by atoms with van der Waals surface area (Å²) in [5.74, 6) is 1.89. The van der Waals surface area contributed by atoms with Crippen molar-refractivity contribution < 1.29 is 4.42 Å². The van der Waals surface area contributed by atoms with Crippen LogP contribution in [-0.4, -0.2) is 15.0 Å². The van der Waals surface area contributed by atoms with E-state index in [1.807, 2.05) is 48.5 Å². The lowest BCUT2D eigenvalue weighted by Crippen LogP contribution is -2.15. The van der Waals surface area contributed by atoms with Gasteiger partial charge in [-0.25, -0.2) is 15.0 Å². The summed E-state index contributed by atoms with van der Waals surface area (Å²) in [5.41, 5.74) is 11.9. The average Bonchev–Trinajstić information content (AvgIpc) is 3.74. The summed E-state index contributed by atoms with van der Waals surface area (Å²) in [7, 11) is 0. The first-order valence-corrected chi connectivity index (χ1v) is 19.2. The zero-order valence-corrected chi connectivity index (χ0v) is 30.8. The molecule has 0 aliphatic heterocycles. The number of fused-ring (bicyclic) bond motifs is 6. The first-order chi connectivity index (χ1) is 27.5. The third kappa shape index (κ3) is 4.44. The Hall–Kier alpha value is -7.17. The lowest BCUT2D eigenvalue weighted by atomic mass is 9.81. The van der Waals surface area contributed by atoms with Crippen LogP contribution in [0.2, 0.25) is 0 Å². The standard InChI is InChI=1S/C52H33N3O/c1-52(2)42-27-23-34(36-24-20-32-19-18-30-12-8-13-31-21-26-38(36)47(32)46(30)31)28-41(42)37-25-22-35(29-43(37)52)50-53-49(33-10-4-3-5-11-33)54-51(55-50)40-15-9-17-45-48(40)39-14-6-7-16-44(39)56-45/h3-29H,1-2H3. The van der Waals surface area contributed by atoms with Crippen LogP contribution in [0.5, 0.6) is 0 Å². The zero-order chi connectivity index (χ0) is 37.1. The molecule has 4 heteroatoms. The van der Waals surface area contributed by atoms with Gasteiger partial charge < -0.3 is 4.42 Å². The maximum Gasteiger partial charge on any atom is 0.164 e. The fraction of sp³-hybridized carbons (Fsp3) is 0.0577. The molecule has 0 spiro atoms. The van der Waals surface area contributed by atoms with Crippen LogP contribution in [0, 0.1) is 0 Å². The van der Waals surface area contributed by atoms with Gasteiger partial charge in [0.05, 0.1) is 0 Å². The van der Waals surface area contributed by atoms with Crippen molar-refractivity contribution in [3.63, 3.8) is 0 Å². The monoisotopic (exact) mass is 715 g/mol. The highest BCUT2D eigenvalue weighted by Gasteiger charge is 2.36. The molecule has 0 atom stereocenters. The average molecular weight is 716 g/mol. The Morgan fingerprint density at radius 2 is 1.04 bits per heavy atom. The first-order valence-electron chi connectivity index (χ1n) is 19.2. The predicted molar refractivity (Wildman–Crippen MR) is 230 cm³/mol. The lowest BCUT2D eigenvalue weighted by molar-refractivity contribution is 0.660. The van der Waals surface area contributed by atoms with Gasteiger partial charge in [0.2, 0.25) is 0 Å². The van der Waals surface area contributed by atoms with Gasteiger partial charge in [-0.05, 0) is 90.0 Å². The highest BCUT2D eigenvalue weighted by atomic mass is 16.3. The molecule has 1 aliphatic rings. The van der Waals surface area contributed by atoms with E-state index in [0.29, 0.717) is 17.5 Å². The molecule has 0 saturated heterocycles. The molecular formula is C52H33N3O. The molecule has 12 rings (SSSR count). The van der Waals surface area contributed by atoms with E-state index in [1.165, 1.54) is 65.7 Å². The van der Waals surface area contributed by atoms with Crippen molar-refractivity contribution in [2.45, 2.75) is 19.3 Å². The minimum absolute atomic E-state index is 0.221. The van der Waals surface area contributed by atoms with Crippen molar-refractivity contribution in [2.75, 3.05) is 0 Å². The maximum absolute atomic E-state index is 6.26. The summed E-state index contributed by atoms with van der Waals surface area (Å²) < 4.78 is 6.26. The lowest BCUT2D eigenvalue weighted by Gasteiger charge is -2.22. The van der Waals surface area contributed by atoms with Gasteiger partial charge in [-0.3, -0.25) is 0 Å². The van der Waals surface area contributed by atoms with Crippen molar-refractivity contribution in [2.24, 2.45) is 0 Å². The molecule has 2 heterocycles. The number of furan rings is 1. The second kappa shape index (κ2) is 11.4. The molecule has 1 aliphatic carbocycles. The van der Waals surface area contributed by atoms with Crippen molar-refractivity contribution in [1.82, 2.24) is 15.0 Å². The largest absolute Gasteiger partial charge is 0.456 e. The second-order valence-electron chi connectivity index (χ2n) is 15.6. The van der Waals surface area contributed by atoms with Gasteiger partial charge in [0, 0.05) is 32.9 Å². The van der Waals surface area contributed by atoms with E-state index < -0.39 is 0 Å². The minimum atomic E-state index is -0.221. The van der Waals surface area contributed by atoms with Crippen LogP contribution in [0.1, 0.15) is 25.0 Å². The summed E-state index contributed by atoms with van der Waals surface area (Å²) >= 11 is 0. The summed E-state index contributed by atoms with van der Waals surface area (Å²) in [6.07, 6.45) is 0. The van der Waals surface area contributed by atoms with Crippen molar-refractivity contribution >= 4 is 54.3 Å². The molecule has 11 aromatic rings. The number of benzene rings is 9. The third-order valence-electron chi connectivity index (χ3n) is 12.1. The van der Waals surface area contributed by atoms with Crippen molar-refractivity contribution in [3.8, 4) is 56.4 Å². The van der Waals surface area contributed by atoms with E-state index in [0.717, 1.165) is 38.6 Å². The van der Waals surface area contributed by atoms with E-state index in [4.69, 9.17) is 19.4 Å². The fourth-order valence-corrected chi connectivity index (χ4v) is 9.35. The smallest absolute Gasteiger partial charge is 0.164 e. The molecular weight excluding hydrogens is 683 g/mol. The molecule has 0 radical (unpaired) electrons. The van der Waals surface area contributed by atoms with Crippen molar-refractivity contribution in [1.29, 1.82) is 0 Å². The van der Waals surface area contributed by atoms with Crippen LogP contribution in [0.25, 0.3) is 111 Å². The van der Waals surface area contributed by atoms with Gasteiger partial charge in [-0.2, -0.15) is 0 Å². The molecule has 4 nitrogen and oxygen atoms in total. The van der Waals surface area contributed by atoms with E-state index in [-0.39, 0.29) is 5.41 Å². The van der Waals surface area contributed by atoms with Crippen LogP contribution in [0.15, 0.2) is 168 Å². The zero-order valence-electron chi connectivity index (χ0n) is 30.8. The van der Waals surface area contributed by atoms with Crippen LogP contribution in [-0.2, 0) is 5.41 Å². The quantitative estimate of drug-likeness (QED) is 0.170. The first kappa shape index (κ1) is 31.2. The summed E-state index contributed by atoms with van der Waals surface area (Å²) in [4.78, 5) is 15.4. The molecule has 0 bridgehead atoms. The molecule has 0 N–H and O–H groups in total. The Kier molecular flexibility index (Phi) is 6.37. The van der Waals surface area contributed by atoms with Gasteiger partial charge in [0.15, 0.2) is 17.5 Å². The topological polar surface area (TPSA) is 51.8 Å². The highest BCUT2D eigenvalue weighted by Crippen LogP contribution is 2.51. The van der Waals surface area contributed by atoms with E-state index >= 15 is 0 Å². The number of hydrogen-bond acceptors (Lipinski definition) is 4. The predicted octanol–water partition coefficient (Wildman–Crippen LogP) is 13.6. The van der Waals surface area contributed by atoms with Crippen molar-refractivity contribution in [3.05, 3.63) is 175 Å². The van der Waals surface area contributed by atoms with Crippen LogP contribution < -0.4 is 0 Å². The molecule has 9 aromatic carbocycles. The second-order valence-corrected chi connectivity index (χ2v) is 15.6. The Morgan fingerprint density at radius 1 is 0.375 bits per heavy atom. The minimum Gasteiger partial charge on any atom is -0.456 e. The third-order valence-corrected chi connectivity index (χ3v) is 12.1. The Balaban J connectivity index is 1.01. The van der Waals surface area contributed by atoms with Crippen LogP contribution in [0.4, 0.5) is 0 Å². The van der Waals surface area contributed by atoms with Crippen LogP contribution >= 0.6 is 0 Å².